The fourth-order valence-electron chi connectivity index (χ4n) is 5.49. The second-order valence-electron chi connectivity index (χ2n) is 11.5. The van der Waals surface area contributed by atoms with Crippen LogP contribution in [0.5, 0.6) is 0 Å². The molecule has 242 valence electrons. The Morgan fingerprint density at radius 2 is 1.17 bits per heavy atom. The maximum absolute atomic E-state index is 12.9. The van der Waals surface area contributed by atoms with E-state index in [1.54, 1.807) is 0 Å². The van der Waals surface area contributed by atoms with E-state index in [9.17, 15) is 40.5 Å². The maximum Gasteiger partial charge on any atom is 0.308 e. The number of rotatable bonds is 19. The van der Waals surface area contributed by atoms with Crippen LogP contribution in [-0.2, 0) is 23.7 Å². The highest BCUT2D eigenvalue weighted by Gasteiger charge is 2.51. The third-order valence-electron chi connectivity index (χ3n) is 8.10. The van der Waals surface area contributed by atoms with E-state index < -0.39 is 80.6 Å². The lowest BCUT2D eigenvalue weighted by Gasteiger charge is -2.45. The van der Waals surface area contributed by atoms with Gasteiger partial charge in [0.15, 0.2) is 6.29 Å². The van der Waals surface area contributed by atoms with Crippen LogP contribution in [0.2, 0.25) is 0 Å². The Morgan fingerprint density at radius 3 is 1.76 bits per heavy atom. The minimum Gasteiger partial charge on any atom is -0.433 e. The number of carbonyl (C=O) groups is 1. The van der Waals surface area contributed by atoms with E-state index in [1.807, 2.05) is 0 Å². The Morgan fingerprint density at radius 1 is 0.659 bits per heavy atom. The number of ether oxygens (including phenoxy) is 4. The minimum absolute atomic E-state index is 0.132. The topological polar surface area (TPSA) is 196 Å². The number of esters is 1. The van der Waals surface area contributed by atoms with Crippen molar-refractivity contribution >= 4 is 5.97 Å². The molecule has 2 rings (SSSR count). The summed E-state index contributed by atoms with van der Waals surface area (Å²) in [7, 11) is 0. The quantitative estimate of drug-likeness (QED) is 0.0825. The third kappa shape index (κ3) is 11.3. The molecule has 7 N–H and O–H groups in total. The highest BCUT2D eigenvalue weighted by atomic mass is 16.7. The fourth-order valence-corrected chi connectivity index (χ4v) is 5.49. The van der Waals surface area contributed by atoms with Crippen molar-refractivity contribution in [3.05, 3.63) is 0 Å². The molecule has 2 aliphatic heterocycles. The first-order chi connectivity index (χ1) is 19.7. The monoisotopic (exact) mass is 594 g/mol. The Labute approximate surface area is 243 Å². The molecule has 0 bridgehead atoms. The highest BCUT2D eigenvalue weighted by molar-refractivity contribution is 5.69. The Hall–Kier alpha value is -0.930. The summed E-state index contributed by atoms with van der Waals surface area (Å²) in [5.41, 5.74) is 0. The summed E-state index contributed by atoms with van der Waals surface area (Å²) in [6, 6.07) is 0. The zero-order chi connectivity index (χ0) is 30.4. The van der Waals surface area contributed by atoms with Crippen molar-refractivity contribution in [2.45, 2.75) is 159 Å². The van der Waals surface area contributed by atoms with Crippen LogP contribution in [-0.4, -0.2) is 116 Å². The van der Waals surface area contributed by atoms with Crippen LogP contribution in [0, 0.1) is 5.92 Å². The molecule has 1 unspecified atom stereocenters. The molecule has 0 spiro atoms. The van der Waals surface area contributed by atoms with Crippen LogP contribution in [0.3, 0.4) is 0 Å². The van der Waals surface area contributed by atoms with E-state index in [1.165, 1.54) is 25.7 Å². The largest absolute Gasteiger partial charge is 0.433 e. The molecule has 2 aliphatic rings. The van der Waals surface area contributed by atoms with Crippen molar-refractivity contribution in [1.82, 2.24) is 0 Å². The van der Waals surface area contributed by atoms with Gasteiger partial charge in [-0.25, -0.2) is 0 Å². The average molecular weight is 595 g/mol. The number of aliphatic hydroxyl groups is 7. The van der Waals surface area contributed by atoms with E-state index in [-0.39, 0.29) is 12.3 Å². The molecule has 12 heteroatoms. The van der Waals surface area contributed by atoms with Crippen molar-refractivity contribution in [2.75, 3.05) is 13.2 Å². The summed E-state index contributed by atoms with van der Waals surface area (Å²) >= 11 is 0. The normalized spacial score (nSPS) is 34.9. The first-order valence-electron chi connectivity index (χ1n) is 15.5. The van der Waals surface area contributed by atoms with E-state index in [2.05, 4.69) is 13.8 Å². The van der Waals surface area contributed by atoms with Crippen LogP contribution in [0.25, 0.3) is 0 Å². The van der Waals surface area contributed by atoms with Gasteiger partial charge in [0.05, 0.1) is 13.2 Å². The van der Waals surface area contributed by atoms with Crippen LogP contribution < -0.4 is 0 Å². The molecular weight excluding hydrogens is 540 g/mol. The van der Waals surface area contributed by atoms with E-state index in [0.29, 0.717) is 0 Å². The maximum atomic E-state index is 12.9. The molecule has 0 aromatic carbocycles. The zero-order valence-corrected chi connectivity index (χ0v) is 24.6. The lowest BCUT2D eigenvalue weighted by Crippen LogP contribution is -2.64. The molecule has 0 aliphatic carbocycles. The van der Waals surface area contributed by atoms with Crippen molar-refractivity contribution in [2.24, 2.45) is 5.92 Å². The van der Waals surface area contributed by atoms with Gasteiger partial charge in [0.1, 0.15) is 48.8 Å². The fraction of sp³-hybridized carbons (Fsp3) is 0.966. The third-order valence-corrected chi connectivity index (χ3v) is 8.10. The molecule has 2 heterocycles. The van der Waals surface area contributed by atoms with Crippen LogP contribution >= 0.6 is 0 Å². The lowest BCUT2D eigenvalue weighted by atomic mass is 9.91. The summed E-state index contributed by atoms with van der Waals surface area (Å²) in [6.45, 7) is 2.95. The molecule has 2 fully saturated rings. The predicted octanol–water partition coefficient (Wildman–Crippen LogP) is 0.881. The number of aliphatic hydroxyl groups excluding tert-OH is 7. The Balaban J connectivity index is 1.96. The standard InChI is InChI=1S/C29H54O12/c1-3-5-7-9-10-12-14-18(13-11-8-6-4-2)15-21(32)40-28-26(37)24(35)27(20(17-31)39-28)41-29-25(36)23(34)22(33)19(16-30)38-29/h18-20,22-31,33-37H,3-17H2,1-2H3/t18?,19-,20-,22-,23+,24-,25-,26-,27-,28+,29-/m1/s1. The molecule has 0 saturated carbocycles. The summed E-state index contributed by atoms with van der Waals surface area (Å²) in [5, 5.41) is 71.0. The zero-order valence-electron chi connectivity index (χ0n) is 24.6. The van der Waals surface area contributed by atoms with Gasteiger partial charge in [0.2, 0.25) is 6.29 Å². The van der Waals surface area contributed by atoms with Gasteiger partial charge in [-0.05, 0) is 18.8 Å². The van der Waals surface area contributed by atoms with Crippen molar-refractivity contribution < 1.29 is 59.5 Å². The number of hydrogen-bond acceptors (Lipinski definition) is 12. The van der Waals surface area contributed by atoms with Gasteiger partial charge >= 0.3 is 5.97 Å². The predicted molar refractivity (Wildman–Crippen MR) is 147 cm³/mol. The van der Waals surface area contributed by atoms with Gasteiger partial charge in [-0.15, -0.1) is 0 Å². The van der Waals surface area contributed by atoms with Crippen molar-refractivity contribution in [3.8, 4) is 0 Å². The van der Waals surface area contributed by atoms with Crippen molar-refractivity contribution in [3.63, 3.8) is 0 Å². The van der Waals surface area contributed by atoms with Crippen molar-refractivity contribution in [1.29, 1.82) is 0 Å². The van der Waals surface area contributed by atoms with Gasteiger partial charge in [-0.1, -0.05) is 78.1 Å². The van der Waals surface area contributed by atoms with E-state index in [4.69, 9.17) is 18.9 Å². The van der Waals surface area contributed by atoms with E-state index >= 15 is 0 Å². The molecule has 0 aromatic rings. The second kappa shape index (κ2) is 19.4. The molecular formula is C29H54O12. The number of carbonyl (C=O) groups excluding carboxylic acids is 1. The molecule has 12 nitrogen and oxygen atoms in total. The van der Waals surface area contributed by atoms with Gasteiger partial charge in [-0.3, -0.25) is 4.79 Å². The lowest BCUT2D eigenvalue weighted by molar-refractivity contribution is -0.355. The molecule has 0 aromatic heterocycles. The van der Waals surface area contributed by atoms with Gasteiger partial charge in [0.25, 0.3) is 0 Å². The minimum atomic E-state index is -1.76. The summed E-state index contributed by atoms with van der Waals surface area (Å²) < 4.78 is 21.9. The molecule has 2 saturated heterocycles. The second-order valence-corrected chi connectivity index (χ2v) is 11.5. The van der Waals surface area contributed by atoms with Crippen LogP contribution in [0.15, 0.2) is 0 Å². The van der Waals surface area contributed by atoms with Gasteiger partial charge in [-0.2, -0.15) is 0 Å². The van der Waals surface area contributed by atoms with Crippen LogP contribution in [0.4, 0.5) is 0 Å². The Bertz CT molecular complexity index is 707. The molecule has 0 amide bonds. The summed E-state index contributed by atoms with van der Waals surface area (Å²) in [6.07, 6.45) is -2.43. The van der Waals surface area contributed by atoms with Gasteiger partial charge in [0, 0.05) is 6.42 Å². The van der Waals surface area contributed by atoms with Crippen LogP contribution in [0.1, 0.15) is 97.3 Å². The first-order valence-corrected chi connectivity index (χ1v) is 15.5. The molecule has 41 heavy (non-hydrogen) atoms. The van der Waals surface area contributed by atoms with E-state index in [0.717, 1.165) is 51.4 Å². The number of hydrogen-bond donors (Lipinski definition) is 7. The average Bonchev–Trinajstić information content (AvgIpc) is 2.96. The first kappa shape index (κ1) is 36.3. The summed E-state index contributed by atoms with van der Waals surface area (Å²) in [5.74, 6) is -0.440. The Kier molecular flexibility index (Phi) is 17.1. The molecule has 0 radical (unpaired) electrons. The highest BCUT2D eigenvalue weighted by Crippen LogP contribution is 2.30. The molecule has 11 atom stereocenters. The smallest absolute Gasteiger partial charge is 0.308 e. The SMILES string of the molecule is CCCCCCCCC(CCCCCC)CC(=O)O[C@@H]1O[C@H](CO)[C@@H](O[C@H]2O[C@H](CO)[C@@H](O)[C@H](O)[C@H]2O)[C@H](O)[C@H]1O. The van der Waals surface area contributed by atoms with Gasteiger partial charge < -0.3 is 54.7 Å². The summed E-state index contributed by atoms with van der Waals surface area (Å²) in [4.78, 5) is 12.9. The number of unbranched alkanes of at least 4 members (excludes halogenated alkanes) is 8.